The van der Waals surface area contributed by atoms with Crippen LogP contribution in [-0.2, 0) is 17.8 Å². The van der Waals surface area contributed by atoms with Crippen LogP contribution in [0.25, 0.3) is 0 Å². The zero-order valence-electron chi connectivity index (χ0n) is 14.7. The second kappa shape index (κ2) is 7.04. The molecule has 1 amide bonds. The van der Waals surface area contributed by atoms with Crippen LogP contribution in [0, 0.1) is 0 Å². The normalized spacial score (nSPS) is 24.7. The highest BCUT2D eigenvalue weighted by Gasteiger charge is 2.44. The van der Waals surface area contributed by atoms with Crippen molar-refractivity contribution in [2.24, 2.45) is 0 Å². The van der Waals surface area contributed by atoms with E-state index < -0.39 is 0 Å². The van der Waals surface area contributed by atoms with Gasteiger partial charge in [0.15, 0.2) is 0 Å². The highest BCUT2D eigenvalue weighted by molar-refractivity contribution is 5.76. The molecule has 1 aromatic carbocycles. The Hall–Kier alpha value is -1.35. The van der Waals surface area contributed by atoms with Crippen LogP contribution >= 0.6 is 0 Å². The number of carbonyl (C=O) groups excluding carboxylic acids is 1. The van der Waals surface area contributed by atoms with Crippen molar-refractivity contribution in [3.63, 3.8) is 0 Å². The molecular formula is C20H30N2O. The van der Waals surface area contributed by atoms with Gasteiger partial charge in [0.25, 0.3) is 0 Å². The third-order valence-electron chi connectivity index (χ3n) is 5.54. The number of hydrogen-bond donors (Lipinski definition) is 0. The summed E-state index contributed by atoms with van der Waals surface area (Å²) in [6.45, 7) is 8.39. The maximum Gasteiger partial charge on any atom is 0.222 e. The molecule has 2 heterocycles. The molecule has 3 rings (SSSR count). The molecule has 0 radical (unpaired) electrons. The first kappa shape index (κ1) is 16.5. The van der Waals surface area contributed by atoms with E-state index in [0.29, 0.717) is 12.3 Å². The molecule has 3 heteroatoms. The molecule has 0 aromatic heterocycles. The maximum atomic E-state index is 12.7. The number of rotatable bonds is 4. The summed E-state index contributed by atoms with van der Waals surface area (Å²) in [6.07, 6.45) is 6.37. The summed E-state index contributed by atoms with van der Waals surface area (Å²) < 4.78 is 0. The van der Waals surface area contributed by atoms with Crippen molar-refractivity contribution in [1.29, 1.82) is 0 Å². The quantitative estimate of drug-likeness (QED) is 0.847. The van der Waals surface area contributed by atoms with Crippen LogP contribution in [0.1, 0.15) is 57.1 Å². The van der Waals surface area contributed by atoms with Crippen LogP contribution in [0.2, 0.25) is 0 Å². The standard InChI is InChI=1S/C20H30N2O/c1-3-8-19(23)21-15-18-10-6-5-9-17(18)14-20(16-21)11-7-13-22(20)12-4-2/h5-6,9-10H,3-4,7-8,11-16H2,1-2H3. The molecule has 0 saturated carbocycles. The summed E-state index contributed by atoms with van der Waals surface area (Å²) >= 11 is 0. The van der Waals surface area contributed by atoms with Gasteiger partial charge in [-0.3, -0.25) is 9.69 Å². The number of carbonyl (C=O) groups is 1. The highest BCUT2D eigenvalue weighted by atomic mass is 16.2. The molecule has 0 N–H and O–H groups in total. The molecule has 1 saturated heterocycles. The second-order valence-corrected chi connectivity index (χ2v) is 7.26. The molecule has 0 aliphatic carbocycles. The van der Waals surface area contributed by atoms with Gasteiger partial charge in [-0.05, 0) is 56.3 Å². The van der Waals surface area contributed by atoms with Crippen LogP contribution < -0.4 is 0 Å². The van der Waals surface area contributed by atoms with Gasteiger partial charge in [0.1, 0.15) is 0 Å². The van der Waals surface area contributed by atoms with E-state index in [2.05, 4.69) is 47.9 Å². The van der Waals surface area contributed by atoms with Crippen LogP contribution in [0.4, 0.5) is 0 Å². The van der Waals surface area contributed by atoms with Gasteiger partial charge in [-0.2, -0.15) is 0 Å². The third kappa shape index (κ3) is 3.30. The fourth-order valence-corrected chi connectivity index (χ4v) is 4.45. The fraction of sp³-hybridized carbons (Fsp3) is 0.650. The smallest absolute Gasteiger partial charge is 0.222 e. The highest BCUT2D eigenvalue weighted by Crippen LogP contribution is 2.37. The number of nitrogens with zero attached hydrogens (tertiary/aromatic N) is 2. The Balaban J connectivity index is 1.95. The van der Waals surface area contributed by atoms with Gasteiger partial charge < -0.3 is 4.90 Å². The lowest BCUT2D eigenvalue weighted by Crippen LogP contribution is -2.53. The molecule has 1 spiro atoms. The first-order valence-corrected chi connectivity index (χ1v) is 9.28. The van der Waals surface area contributed by atoms with Gasteiger partial charge in [-0.15, -0.1) is 0 Å². The Labute approximate surface area is 140 Å². The Kier molecular flexibility index (Phi) is 5.05. The van der Waals surface area contributed by atoms with E-state index in [4.69, 9.17) is 0 Å². The van der Waals surface area contributed by atoms with Crippen molar-refractivity contribution in [3.05, 3.63) is 35.4 Å². The SMILES string of the molecule is CCCC(=O)N1Cc2ccccc2CC2(CCCN2CCC)C1. The zero-order chi connectivity index (χ0) is 16.3. The molecular weight excluding hydrogens is 284 g/mol. The van der Waals surface area contributed by atoms with Crippen LogP contribution in [0.3, 0.4) is 0 Å². The van der Waals surface area contributed by atoms with E-state index in [-0.39, 0.29) is 5.54 Å². The number of likely N-dealkylation sites (tertiary alicyclic amines) is 1. The van der Waals surface area contributed by atoms with Crippen molar-refractivity contribution < 1.29 is 4.79 Å². The van der Waals surface area contributed by atoms with E-state index in [9.17, 15) is 4.79 Å². The van der Waals surface area contributed by atoms with Crippen LogP contribution in [0.5, 0.6) is 0 Å². The van der Waals surface area contributed by atoms with E-state index in [0.717, 1.165) is 32.5 Å². The van der Waals surface area contributed by atoms with Crippen molar-refractivity contribution >= 4 is 5.91 Å². The van der Waals surface area contributed by atoms with Gasteiger partial charge in [-0.1, -0.05) is 38.1 Å². The van der Waals surface area contributed by atoms with Gasteiger partial charge in [0.2, 0.25) is 5.91 Å². The van der Waals surface area contributed by atoms with E-state index in [1.54, 1.807) is 0 Å². The van der Waals surface area contributed by atoms with Gasteiger partial charge in [-0.25, -0.2) is 0 Å². The summed E-state index contributed by atoms with van der Waals surface area (Å²) in [5.41, 5.74) is 2.95. The molecule has 126 valence electrons. The summed E-state index contributed by atoms with van der Waals surface area (Å²) in [6, 6.07) is 8.74. The molecule has 1 fully saturated rings. The van der Waals surface area contributed by atoms with Crippen molar-refractivity contribution in [1.82, 2.24) is 9.80 Å². The molecule has 3 nitrogen and oxygen atoms in total. The number of benzene rings is 1. The molecule has 1 aromatic rings. The lowest BCUT2D eigenvalue weighted by atomic mass is 9.87. The minimum Gasteiger partial charge on any atom is -0.336 e. The minimum atomic E-state index is 0.159. The number of amides is 1. The molecule has 2 aliphatic heterocycles. The summed E-state index contributed by atoms with van der Waals surface area (Å²) in [7, 11) is 0. The predicted octanol–water partition coefficient (Wildman–Crippen LogP) is 3.62. The first-order valence-electron chi connectivity index (χ1n) is 9.28. The Morgan fingerprint density at radius 2 is 1.96 bits per heavy atom. The van der Waals surface area contributed by atoms with Gasteiger partial charge in [0, 0.05) is 25.0 Å². The van der Waals surface area contributed by atoms with E-state index in [1.807, 2.05) is 0 Å². The molecule has 1 unspecified atom stereocenters. The second-order valence-electron chi connectivity index (χ2n) is 7.26. The third-order valence-corrected chi connectivity index (χ3v) is 5.54. The Morgan fingerprint density at radius 3 is 2.70 bits per heavy atom. The fourth-order valence-electron chi connectivity index (χ4n) is 4.45. The Morgan fingerprint density at radius 1 is 1.17 bits per heavy atom. The molecule has 2 aliphatic rings. The van der Waals surface area contributed by atoms with E-state index >= 15 is 0 Å². The van der Waals surface area contributed by atoms with Gasteiger partial charge >= 0.3 is 0 Å². The monoisotopic (exact) mass is 314 g/mol. The molecule has 23 heavy (non-hydrogen) atoms. The van der Waals surface area contributed by atoms with Gasteiger partial charge in [0.05, 0.1) is 0 Å². The average molecular weight is 314 g/mol. The predicted molar refractivity (Wildman–Crippen MR) is 94.3 cm³/mol. The first-order chi connectivity index (χ1) is 11.2. The summed E-state index contributed by atoms with van der Waals surface area (Å²) in [5, 5.41) is 0. The van der Waals surface area contributed by atoms with E-state index in [1.165, 1.54) is 36.9 Å². The number of hydrogen-bond acceptors (Lipinski definition) is 2. The Bertz CT molecular complexity index is 556. The summed E-state index contributed by atoms with van der Waals surface area (Å²) in [4.78, 5) is 17.5. The number of fused-ring (bicyclic) bond motifs is 1. The van der Waals surface area contributed by atoms with Crippen molar-refractivity contribution in [2.75, 3.05) is 19.6 Å². The average Bonchev–Trinajstić information content (AvgIpc) is 2.82. The zero-order valence-corrected chi connectivity index (χ0v) is 14.7. The van der Waals surface area contributed by atoms with Crippen molar-refractivity contribution in [2.45, 2.75) is 64.5 Å². The molecule has 1 atom stereocenters. The largest absolute Gasteiger partial charge is 0.336 e. The minimum absolute atomic E-state index is 0.159. The maximum absolute atomic E-state index is 12.7. The lowest BCUT2D eigenvalue weighted by Gasteiger charge is -2.40. The van der Waals surface area contributed by atoms with Crippen molar-refractivity contribution in [3.8, 4) is 0 Å². The van der Waals surface area contributed by atoms with Crippen LogP contribution in [-0.4, -0.2) is 40.9 Å². The van der Waals surface area contributed by atoms with Crippen LogP contribution in [0.15, 0.2) is 24.3 Å². The topological polar surface area (TPSA) is 23.6 Å². The molecule has 0 bridgehead atoms. The summed E-state index contributed by atoms with van der Waals surface area (Å²) in [5.74, 6) is 0.326. The lowest BCUT2D eigenvalue weighted by molar-refractivity contribution is -0.133.